The van der Waals surface area contributed by atoms with Gasteiger partial charge in [0.15, 0.2) is 0 Å². The summed E-state index contributed by atoms with van der Waals surface area (Å²) in [6, 6.07) is 9.34. The first kappa shape index (κ1) is 13.6. The zero-order valence-corrected chi connectivity index (χ0v) is 12.1. The molecular weight excluding hydrogens is 218 g/mol. The van der Waals surface area contributed by atoms with Gasteiger partial charge < -0.3 is 5.32 Å². The molecule has 2 rings (SSSR count). The second-order valence-corrected chi connectivity index (χ2v) is 6.55. The maximum Gasteiger partial charge on any atom is -0.00114 e. The van der Waals surface area contributed by atoms with E-state index in [1.54, 1.807) is 5.56 Å². The van der Waals surface area contributed by atoms with E-state index in [1.165, 1.54) is 31.2 Å². The smallest absolute Gasteiger partial charge is 0.00114 e. The highest BCUT2D eigenvalue weighted by Crippen LogP contribution is 2.43. The Morgan fingerprint density at radius 3 is 2.56 bits per heavy atom. The van der Waals surface area contributed by atoms with Crippen molar-refractivity contribution in [1.29, 1.82) is 0 Å². The summed E-state index contributed by atoms with van der Waals surface area (Å²) in [7, 11) is 2.01. The third kappa shape index (κ3) is 3.58. The second-order valence-electron chi connectivity index (χ2n) is 6.55. The van der Waals surface area contributed by atoms with Crippen LogP contribution in [0.2, 0.25) is 0 Å². The van der Waals surface area contributed by atoms with Crippen molar-refractivity contribution < 1.29 is 0 Å². The second kappa shape index (κ2) is 5.88. The first-order valence-corrected chi connectivity index (χ1v) is 7.34. The Labute approximate surface area is 112 Å². The molecule has 1 aromatic rings. The number of rotatable bonds is 4. The summed E-state index contributed by atoms with van der Waals surface area (Å²) in [5, 5.41) is 3.20. The van der Waals surface area contributed by atoms with E-state index in [-0.39, 0.29) is 0 Å². The molecule has 0 amide bonds. The maximum absolute atomic E-state index is 3.20. The van der Waals surface area contributed by atoms with Crippen molar-refractivity contribution in [2.75, 3.05) is 13.6 Å². The van der Waals surface area contributed by atoms with Gasteiger partial charge in [-0.15, -0.1) is 0 Å². The predicted octanol–water partition coefficient (Wildman–Crippen LogP) is 4.13. The number of benzene rings is 1. The van der Waals surface area contributed by atoms with Crippen molar-refractivity contribution in [1.82, 2.24) is 5.32 Å². The fraction of sp³-hybridized carbons (Fsp3) is 0.647. The van der Waals surface area contributed by atoms with Crippen LogP contribution in [0.25, 0.3) is 0 Å². The van der Waals surface area contributed by atoms with E-state index in [0.29, 0.717) is 5.41 Å². The Hall–Kier alpha value is -0.820. The molecule has 0 heterocycles. The zero-order chi connectivity index (χ0) is 13.0. The molecular formula is C17H27N. The predicted molar refractivity (Wildman–Crippen MR) is 79.1 cm³/mol. The van der Waals surface area contributed by atoms with Crippen molar-refractivity contribution in [3.63, 3.8) is 0 Å². The third-order valence-corrected chi connectivity index (χ3v) is 4.32. The topological polar surface area (TPSA) is 12.0 Å². The van der Waals surface area contributed by atoms with Gasteiger partial charge in [0.25, 0.3) is 0 Å². The molecule has 0 spiro atoms. The lowest BCUT2D eigenvalue weighted by molar-refractivity contribution is 0.219. The lowest BCUT2D eigenvalue weighted by Gasteiger charge is -2.35. The average Bonchev–Trinajstić information content (AvgIpc) is 2.36. The molecule has 0 aliphatic heterocycles. The van der Waals surface area contributed by atoms with Crippen LogP contribution >= 0.6 is 0 Å². The Bertz CT molecular complexity index is 364. The highest BCUT2D eigenvalue weighted by molar-refractivity contribution is 5.26. The molecule has 1 aromatic carbocycles. The van der Waals surface area contributed by atoms with Crippen LogP contribution in [0.15, 0.2) is 24.3 Å². The molecule has 1 N–H and O–H groups in total. The summed E-state index contributed by atoms with van der Waals surface area (Å²) in [6.07, 6.45) is 6.64. The highest BCUT2D eigenvalue weighted by atomic mass is 14.8. The number of nitrogens with one attached hydrogen (secondary N) is 1. The van der Waals surface area contributed by atoms with E-state index in [1.807, 2.05) is 7.05 Å². The molecule has 1 nitrogen and oxygen atoms in total. The maximum atomic E-state index is 3.20. The van der Waals surface area contributed by atoms with E-state index in [2.05, 4.69) is 43.4 Å². The molecule has 18 heavy (non-hydrogen) atoms. The molecule has 1 atom stereocenters. The fourth-order valence-electron chi connectivity index (χ4n) is 3.21. The van der Waals surface area contributed by atoms with Gasteiger partial charge in [-0.1, -0.05) is 44.5 Å². The Balaban J connectivity index is 2.00. The van der Waals surface area contributed by atoms with Gasteiger partial charge in [-0.05, 0) is 61.7 Å². The summed E-state index contributed by atoms with van der Waals surface area (Å²) in [6.45, 7) is 5.90. The van der Waals surface area contributed by atoms with Crippen LogP contribution < -0.4 is 5.32 Å². The van der Waals surface area contributed by atoms with Gasteiger partial charge in [0, 0.05) is 0 Å². The molecule has 0 bridgehead atoms. The first-order chi connectivity index (χ1) is 8.61. The molecule has 0 radical (unpaired) electrons. The Morgan fingerprint density at radius 2 is 1.94 bits per heavy atom. The molecule has 0 saturated heterocycles. The van der Waals surface area contributed by atoms with Crippen molar-refractivity contribution in [3.8, 4) is 0 Å². The lowest BCUT2D eigenvalue weighted by atomic mass is 9.70. The molecule has 1 saturated carbocycles. The highest BCUT2D eigenvalue weighted by Gasteiger charge is 2.28. The van der Waals surface area contributed by atoms with E-state index in [4.69, 9.17) is 0 Å². The average molecular weight is 245 g/mol. The number of hydrogen-bond acceptors (Lipinski definition) is 1. The molecule has 0 aromatic heterocycles. The van der Waals surface area contributed by atoms with Crippen molar-refractivity contribution in [3.05, 3.63) is 35.4 Å². The van der Waals surface area contributed by atoms with Crippen LogP contribution in [0.1, 0.15) is 56.6 Å². The molecule has 1 unspecified atom stereocenters. The SMILES string of the molecule is CNCCc1ccc(C2CCCC(C)(C)C2)cc1. The van der Waals surface area contributed by atoms with Gasteiger partial charge in [0.1, 0.15) is 0 Å². The van der Waals surface area contributed by atoms with Crippen LogP contribution in [0.5, 0.6) is 0 Å². The molecule has 1 fully saturated rings. The number of likely N-dealkylation sites (N-methyl/N-ethyl adjacent to an activating group) is 1. The molecule has 1 aliphatic rings. The summed E-state index contributed by atoms with van der Waals surface area (Å²) < 4.78 is 0. The monoisotopic (exact) mass is 245 g/mol. The van der Waals surface area contributed by atoms with Crippen LogP contribution in [-0.2, 0) is 6.42 Å². The summed E-state index contributed by atoms with van der Waals surface area (Å²) in [5.74, 6) is 0.784. The first-order valence-electron chi connectivity index (χ1n) is 7.34. The van der Waals surface area contributed by atoms with E-state index in [9.17, 15) is 0 Å². The van der Waals surface area contributed by atoms with E-state index < -0.39 is 0 Å². The van der Waals surface area contributed by atoms with Crippen LogP contribution in [0.3, 0.4) is 0 Å². The van der Waals surface area contributed by atoms with Crippen molar-refractivity contribution >= 4 is 0 Å². The Morgan fingerprint density at radius 1 is 1.22 bits per heavy atom. The van der Waals surface area contributed by atoms with Crippen LogP contribution in [0, 0.1) is 5.41 Å². The fourth-order valence-corrected chi connectivity index (χ4v) is 3.21. The van der Waals surface area contributed by atoms with Crippen molar-refractivity contribution in [2.24, 2.45) is 5.41 Å². The quantitative estimate of drug-likeness (QED) is 0.841. The van der Waals surface area contributed by atoms with Gasteiger partial charge in [-0.2, -0.15) is 0 Å². The summed E-state index contributed by atoms with van der Waals surface area (Å²) >= 11 is 0. The molecule has 100 valence electrons. The minimum absolute atomic E-state index is 0.535. The van der Waals surface area contributed by atoms with Gasteiger partial charge >= 0.3 is 0 Å². The molecule has 1 heteroatoms. The summed E-state index contributed by atoms with van der Waals surface area (Å²) in [5.41, 5.74) is 3.53. The van der Waals surface area contributed by atoms with Gasteiger partial charge in [-0.3, -0.25) is 0 Å². The number of hydrogen-bond donors (Lipinski definition) is 1. The molecule has 1 aliphatic carbocycles. The van der Waals surface area contributed by atoms with E-state index >= 15 is 0 Å². The van der Waals surface area contributed by atoms with Gasteiger partial charge in [0.05, 0.1) is 0 Å². The largest absolute Gasteiger partial charge is 0.319 e. The third-order valence-electron chi connectivity index (χ3n) is 4.32. The Kier molecular flexibility index (Phi) is 4.45. The zero-order valence-electron chi connectivity index (χ0n) is 12.1. The standard InChI is InChI=1S/C17H27N/c1-17(2)11-4-5-16(13-17)15-8-6-14(7-9-15)10-12-18-3/h6-9,16,18H,4-5,10-13H2,1-3H3. The minimum atomic E-state index is 0.535. The summed E-state index contributed by atoms with van der Waals surface area (Å²) in [4.78, 5) is 0. The van der Waals surface area contributed by atoms with Crippen molar-refractivity contribution in [2.45, 2.75) is 51.9 Å². The minimum Gasteiger partial charge on any atom is -0.319 e. The van der Waals surface area contributed by atoms with Crippen LogP contribution in [-0.4, -0.2) is 13.6 Å². The van der Waals surface area contributed by atoms with Crippen LogP contribution in [0.4, 0.5) is 0 Å². The van der Waals surface area contributed by atoms with E-state index in [0.717, 1.165) is 18.9 Å². The normalized spacial score (nSPS) is 22.9. The lowest BCUT2D eigenvalue weighted by Crippen LogP contribution is -2.21. The van der Waals surface area contributed by atoms with Gasteiger partial charge in [0.2, 0.25) is 0 Å². The van der Waals surface area contributed by atoms with Gasteiger partial charge in [-0.25, -0.2) is 0 Å².